The van der Waals surface area contributed by atoms with Crippen LogP contribution in [0.4, 0.5) is 0 Å². The lowest BCUT2D eigenvalue weighted by Crippen LogP contribution is -2.32. The first-order valence-corrected chi connectivity index (χ1v) is 10.2. The molecule has 4 N–H and O–H groups in total. The molecule has 2 rings (SSSR count). The zero-order valence-electron chi connectivity index (χ0n) is 16.0. The summed E-state index contributed by atoms with van der Waals surface area (Å²) in [6.07, 6.45) is 1.22. The van der Waals surface area contributed by atoms with Gasteiger partial charge in [-0.15, -0.1) is 0 Å². The molecule has 0 saturated carbocycles. The molecule has 1 heterocycles. The van der Waals surface area contributed by atoms with Gasteiger partial charge in [0.05, 0.1) is 4.90 Å². The molecule has 0 aliphatic carbocycles. The highest BCUT2D eigenvalue weighted by Gasteiger charge is 2.36. The first-order valence-electron chi connectivity index (χ1n) is 8.67. The Labute approximate surface area is 155 Å². The number of hydrogen-bond donors (Lipinski definition) is 3. The average molecular weight is 384 g/mol. The molecule has 0 bridgehead atoms. The van der Waals surface area contributed by atoms with E-state index in [1.54, 1.807) is 6.92 Å². The second-order valence-corrected chi connectivity index (χ2v) is 9.24. The van der Waals surface area contributed by atoms with Crippen molar-refractivity contribution in [3.63, 3.8) is 0 Å². The second-order valence-electron chi connectivity index (χ2n) is 7.54. The van der Waals surface area contributed by atoms with Crippen LogP contribution in [0.5, 0.6) is 5.75 Å². The number of hydrogen-bond acceptors (Lipinski definition) is 5. The van der Waals surface area contributed by atoms with Gasteiger partial charge in [0, 0.05) is 18.5 Å². The van der Waals surface area contributed by atoms with Gasteiger partial charge >= 0.3 is 5.97 Å². The third-order valence-electron chi connectivity index (χ3n) is 4.86. The monoisotopic (exact) mass is 384 g/mol. The highest BCUT2D eigenvalue weighted by molar-refractivity contribution is 7.89. The summed E-state index contributed by atoms with van der Waals surface area (Å²) >= 11 is 0. The van der Waals surface area contributed by atoms with E-state index in [4.69, 9.17) is 15.6 Å². The van der Waals surface area contributed by atoms with Gasteiger partial charge in [0.25, 0.3) is 0 Å². The maximum atomic E-state index is 12.9. The average Bonchev–Trinajstić information content (AvgIpc) is 2.85. The first-order chi connectivity index (χ1) is 11.9. The van der Waals surface area contributed by atoms with Crippen LogP contribution in [0.3, 0.4) is 0 Å². The minimum absolute atomic E-state index is 0.139. The first kappa shape index (κ1) is 20.7. The molecule has 146 valence electrons. The van der Waals surface area contributed by atoms with E-state index < -0.39 is 22.0 Å². The molecule has 0 fully saturated rings. The van der Waals surface area contributed by atoms with Gasteiger partial charge in [-0.2, -0.15) is 0 Å². The standard InChI is InChI=1S/C18H28N2O5S/c1-10-11(2)16(12(3)13-9-18(4,5)25-15(10)13)26(23,24)20-8-6-7-14(19)17(21)22/h14,20H,6-9,19H2,1-5H3,(H,21,22)/t14-/m1/s1. The van der Waals surface area contributed by atoms with Crippen molar-refractivity contribution in [2.75, 3.05) is 6.54 Å². The van der Waals surface area contributed by atoms with Crippen LogP contribution in [0.15, 0.2) is 4.90 Å². The van der Waals surface area contributed by atoms with E-state index in [1.165, 1.54) is 0 Å². The Hall–Kier alpha value is -1.64. The Morgan fingerprint density at radius 2 is 1.88 bits per heavy atom. The number of sulfonamides is 1. The number of nitrogens with two attached hydrogens (primary N) is 1. The Balaban J connectivity index is 2.25. The third kappa shape index (κ3) is 4.02. The van der Waals surface area contributed by atoms with Crippen molar-refractivity contribution in [2.24, 2.45) is 5.73 Å². The highest BCUT2D eigenvalue weighted by Crippen LogP contribution is 2.43. The number of carbonyl (C=O) groups is 1. The fourth-order valence-corrected chi connectivity index (χ4v) is 5.01. The number of fused-ring (bicyclic) bond motifs is 1. The molecule has 1 aromatic carbocycles. The van der Waals surface area contributed by atoms with Crippen molar-refractivity contribution in [2.45, 2.75) is 70.4 Å². The molecule has 1 aromatic rings. The van der Waals surface area contributed by atoms with E-state index in [0.29, 0.717) is 24.0 Å². The third-order valence-corrected chi connectivity index (χ3v) is 6.60. The lowest BCUT2D eigenvalue weighted by atomic mass is 9.94. The molecule has 1 atom stereocenters. The molecule has 0 unspecified atom stereocenters. The van der Waals surface area contributed by atoms with Gasteiger partial charge in [0.2, 0.25) is 10.0 Å². The summed E-state index contributed by atoms with van der Waals surface area (Å²) in [5.41, 5.74) is 8.25. The van der Waals surface area contributed by atoms with Crippen LogP contribution >= 0.6 is 0 Å². The highest BCUT2D eigenvalue weighted by atomic mass is 32.2. The Kier molecular flexibility index (Phi) is 5.70. The predicted molar refractivity (Wildman–Crippen MR) is 99.1 cm³/mol. The molecule has 8 heteroatoms. The van der Waals surface area contributed by atoms with Gasteiger partial charge in [-0.05, 0) is 64.2 Å². The van der Waals surface area contributed by atoms with Crippen LogP contribution in [0.25, 0.3) is 0 Å². The zero-order chi connectivity index (χ0) is 19.9. The Morgan fingerprint density at radius 3 is 2.46 bits per heavy atom. The molecule has 0 saturated heterocycles. The number of carboxylic acids is 1. The molecule has 0 aromatic heterocycles. The van der Waals surface area contributed by atoms with Crippen LogP contribution < -0.4 is 15.2 Å². The predicted octanol–water partition coefficient (Wildman–Crippen LogP) is 1.80. The summed E-state index contributed by atoms with van der Waals surface area (Å²) in [7, 11) is -3.71. The largest absolute Gasteiger partial charge is 0.487 e. The second kappa shape index (κ2) is 7.17. The van der Waals surface area contributed by atoms with Crippen molar-refractivity contribution in [3.05, 3.63) is 22.3 Å². The molecule has 0 spiro atoms. The van der Waals surface area contributed by atoms with Crippen LogP contribution in [-0.4, -0.2) is 37.7 Å². The number of aliphatic carboxylic acids is 1. The smallest absolute Gasteiger partial charge is 0.320 e. The van der Waals surface area contributed by atoms with E-state index in [9.17, 15) is 13.2 Å². The van der Waals surface area contributed by atoms with Crippen molar-refractivity contribution >= 4 is 16.0 Å². The van der Waals surface area contributed by atoms with Crippen LogP contribution in [0, 0.1) is 20.8 Å². The van der Waals surface area contributed by atoms with Gasteiger partial charge in [0.15, 0.2) is 0 Å². The van der Waals surface area contributed by atoms with Crippen molar-refractivity contribution < 1.29 is 23.1 Å². The number of carboxylic acid groups (broad SMARTS) is 1. The van der Waals surface area contributed by atoms with Crippen LogP contribution in [0.1, 0.15) is 48.9 Å². The summed E-state index contributed by atoms with van der Waals surface area (Å²) < 4.78 is 34.3. The number of nitrogens with one attached hydrogen (secondary N) is 1. The summed E-state index contributed by atoms with van der Waals surface area (Å²) in [4.78, 5) is 11.0. The number of rotatable bonds is 7. The van der Waals surface area contributed by atoms with E-state index in [-0.39, 0.29) is 23.5 Å². The van der Waals surface area contributed by atoms with E-state index in [0.717, 1.165) is 16.9 Å². The summed E-state index contributed by atoms with van der Waals surface area (Å²) in [5, 5.41) is 8.78. The van der Waals surface area contributed by atoms with Gasteiger partial charge in [-0.1, -0.05) is 0 Å². The summed E-state index contributed by atoms with van der Waals surface area (Å²) in [6.45, 7) is 9.58. The van der Waals surface area contributed by atoms with E-state index >= 15 is 0 Å². The van der Waals surface area contributed by atoms with E-state index in [1.807, 2.05) is 27.7 Å². The minimum atomic E-state index is -3.71. The quantitative estimate of drug-likeness (QED) is 0.617. The molecule has 0 amide bonds. The fraction of sp³-hybridized carbons (Fsp3) is 0.611. The molecule has 26 heavy (non-hydrogen) atoms. The maximum Gasteiger partial charge on any atom is 0.320 e. The van der Waals surface area contributed by atoms with Crippen molar-refractivity contribution in [3.8, 4) is 5.75 Å². The minimum Gasteiger partial charge on any atom is -0.487 e. The lowest BCUT2D eigenvalue weighted by Gasteiger charge is -2.19. The Morgan fingerprint density at radius 1 is 1.27 bits per heavy atom. The normalized spacial score (nSPS) is 16.8. The molecule has 1 aliphatic rings. The number of ether oxygens (including phenoxy) is 1. The van der Waals surface area contributed by atoms with Crippen LogP contribution in [-0.2, 0) is 21.2 Å². The van der Waals surface area contributed by atoms with E-state index in [2.05, 4.69) is 4.72 Å². The molecule has 1 aliphatic heterocycles. The van der Waals surface area contributed by atoms with Crippen molar-refractivity contribution in [1.29, 1.82) is 0 Å². The topological polar surface area (TPSA) is 119 Å². The van der Waals surface area contributed by atoms with Crippen LogP contribution in [0.2, 0.25) is 0 Å². The van der Waals surface area contributed by atoms with Gasteiger partial charge < -0.3 is 15.6 Å². The van der Waals surface area contributed by atoms with Gasteiger partial charge in [0.1, 0.15) is 17.4 Å². The molecular weight excluding hydrogens is 356 g/mol. The Bertz CT molecular complexity index is 831. The molecule has 7 nitrogen and oxygen atoms in total. The molecular formula is C18H28N2O5S. The number of benzene rings is 1. The zero-order valence-corrected chi connectivity index (χ0v) is 16.8. The maximum absolute atomic E-state index is 12.9. The fourth-order valence-electron chi connectivity index (χ4n) is 3.37. The summed E-state index contributed by atoms with van der Waals surface area (Å²) in [5.74, 6) is -0.298. The van der Waals surface area contributed by atoms with Crippen molar-refractivity contribution in [1.82, 2.24) is 4.72 Å². The SMILES string of the molecule is Cc1c(C)c(S(=O)(=O)NCCC[C@@H](N)C(=O)O)c(C)c2c1OC(C)(C)C2. The van der Waals surface area contributed by atoms with Gasteiger partial charge in [-0.25, -0.2) is 13.1 Å². The molecule has 0 radical (unpaired) electrons. The van der Waals surface area contributed by atoms with Gasteiger partial charge in [-0.3, -0.25) is 4.79 Å². The lowest BCUT2D eigenvalue weighted by molar-refractivity contribution is -0.138. The summed E-state index contributed by atoms with van der Waals surface area (Å²) in [6, 6.07) is -0.982.